The third-order valence-electron chi connectivity index (χ3n) is 4.09. The van der Waals surface area contributed by atoms with Crippen LogP contribution in [0.25, 0.3) is 0 Å². The average Bonchev–Trinajstić information content (AvgIpc) is 3.01. The minimum Gasteiger partial charge on any atom is -0.462 e. The molecule has 1 amide bonds. The first-order chi connectivity index (χ1) is 12.3. The van der Waals surface area contributed by atoms with Crippen molar-refractivity contribution in [3.05, 3.63) is 17.0 Å². The standard InChI is InChI=1S/C16H25N3O5S2/c1-3-24-16(21)13-7-9-25-15(13)18-14(20)11-19-8-5-4-6-12(19)10-17-26(2,22)23/h7,9,12,17H,3-6,8,10-11H2,1-2H3,(H,18,20)/t12-/m1/s1. The lowest BCUT2D eigenvalue weighted by Gasteiger charge is -2.35. The fraction of sp³-hybridized carbons (Fsp3) is 0.625. The van der Waals surface area contributed by atoms with Crippen molar-refractivity contribution in [3.8, 4) is 0 Å². The summed E-state index contributed by atoms with van der Waals surface area (Å²) in [5, 5.41) is 4.96. The maximum atomic E-state index is 12.4. The molecule has 0 bridgehead atoms. The van der Waals surface area contributed by atoms with Crippen molar-refractivity contribution >= 4 is 38.2 Å². The lowest BCUT2D eigenvalue weighted by atomic mass is 10.0. The highest BCUT2D eigenvalue weighted by molar-refractivity contribution is 7.88. The lowest BCUT2D eigenvalue weighted by Crippen LogP contribution is -2.49. The molecule has 0 radical (unpaired) electrons. The van der Waals surface area contributed by atoms with Crippen molar-refractivity contribution < 1.29 is 22.7 Å². The van der Waals surface area contributed by atoms with E-state index in [1.807, 2.05) is 4.90 Å². The number of rotatable bonds is 8. The number of carbonyl (C=O) groups is 2. The number of piperidine rings is 1. The minimum absolute atomic E-state index is 0.0166. The molecule has 1 aromatic heterocycles. The van der Waals surface area contributed by atoms with Crippen LogP contribution >= 0.6 is 11.3 Å². The predicted molar refractivity (Wildman–Crippen MR) is 101 cm³/mol. The summed E-state index contributed by atoms with van der Waals surface area (Å²) in [7, 11) is -3.26. The quantitative estimate of drug-likeness (QED) is 0.634. The topological polar surface area (TPSA) is 105 Å². The van der Waals surface area contributed by atoms with Gasteiger partial charge >= 0.3 is 5.97 Å². The molecule has 2 N–H and O–H groups in total. The second kappa shape index (κ2) is 9.45. The average molecular weight is 404 g/mol. The number of anilines is 1. The summed E-state index contributed by atoms with van der Waals surface area (Å²) in [6, 6.07) is 1.61. The number of nitrogens with one attached hydrogen (secondary N) is 2. The molecular formula is C16H25N3O5S2. The number of esters is 1. The van der Waals surface area contributed by atoms with Crippen LogP contribution in [-0.4, -0.2) is 63.7 Å². The normalized spacial score (nSPS) is 18.5. The van der Waals surface area contributed by atoms with E-state index < -0.39 is 16.0 Å². The summed E-state index contributed by atoms with van der Waals surface area (Å²) in [5.74, 6) is -0.693. The Morgan fingerprint density at radius 3 is 2.85 bits per heavy atom. The van der Waals surface area contributed by atoms with Crippen LogP contribution in [0.5, 0.6) is 0 Å². The van der Waals surface area contributed by atoms with Gasteiger partial charge in [0.1, 0.15) is 5.00 Å². The number of nitrogens with zero attached hydrogens (tertiary/aromatic N) is 1. The van der Waals surface area contributed by atoms with Crippen LogP contribution in [0.3, 0.4) is 0 Å². The van der Waals surface area contributed by atoms with Crippen LogP contribution in [0.4, 0.5) is 5.00 Å². The summed E-state index contributed by atoms with van der Waals surface area (Å²) >= 11 is 1.27. The van der Waals surface area contributed by atoms with E-state index in [0.29, 0.717) is 17.1 Å². The smallest absolute Gasteiger partial charge is 0.341 e. The zero-order valence-corrected chi connectivity index (χ0v) is 16.6. The van der Waals surface area contributed by atoms with E-state index in [1.165, 1.54) is 11.3 Å². The van der Waals surface area contributed by atoms with Gasteiger partial charge in [-0.15, -0.1) is 11.3 Å². The molecule has 26 heavy (non-hydrogen) atoms. The van der Waals surface area contributed by atoms with Gasteiger partial charge in [0.25, 0.3) is 0 Å². The Bertz CT molecular complexity index is 732. The van der Waals surface area contributed by atoms with Gasteiger partial charge < -0.3 is 10.1 Å². The number of thiophene rings is 1. The summed E-state index contributed by atoms with van der Waals surface area (Å²) < 4.78 is 30.1. The fourth-order valence-corrected chi connectivity index (χ4v) is 4.16. The SMILES string of the molecule is CCOC(=O)c1ccsc1NC(=O)CN1CCCC[C@@H]1CNS(C)(=O)=O. The molecule has 10 heteroatoms. The fourth-order valence-electron chi connectivity index (χ4n) is 2.87. The first-order valence-corrected chi connectivity index (χ1v) is 11.3. The Kier molecular flexibility index (Phi) is 7.56. The van der Waals surface area contributed by atoms with Gasteiger partial charge in [-0.1, -0.05) is 6.42 Å². The Morgan fingerprint density at radius 2 is 2.15 bits per heavy atom. The summed E-state index contributed by atoms with van der Waals surface area (Å²) in [5.41, 5.74) is 0.346. The molecule has 1 saturated heterocycles. The third kappa shape index (κ3) is 6.35. The molecule has 146 valence electrons. The largest absolute Gasteiger partial charge is 0.462 e. The van der Waals surface area contributed by atoms with Crippen molar-refractivity contribution in [1.29, 1.82) is 0 Å². The number of likely N-dealkylation sites (tertiary alicyclic amines) is 1. The molecule has 0 unspecified atom stereocenters. The van der Waals surface area contributed by atoms with Crippen LogP contribution in [0, 0.1) is 0 Å². The molecule has 2 heterocycles. The molecule has 0 spiro atoms. The van der Waals surface area contributed by atoms with Gasteiger partial charge in [0, 0.05) is 12.6 Å². The first kappa shape index (κ1) is 20.8. The van der Waals surface area contributed by atoms with E-state index in [0.717, 1.165) is 32.1 Å². The number of hydrogen-bond acceptors (Lipinski definition) is 7. The van der Waals surface area contributed by atoms with Crippen molar-refractivity contribution in [2.24, 2.45) is 0 Å². The van der Waals surface area contributed by atoms with E-state index in [-0.39, 0.29) is 25.1 Å². The van der Waals surface area contributed by atoms with Crippen molar-refractivity contribution in [3.63, 3.8) is 0 Å². The van der Waals surface area contributed by atoms with E-state index >= 15 is 0 Å². The molecule has 0 aromatic carbocycles. The van der Waals surface area contributed by atoms with Gasteiger partial charge in [0.2, 0.25) is 15.9 Å². The number of hydrogen-bond donors (Lipinski definition) is 2. The van der Waals surface area contributed by atoms with Crippen LogP contribution in [0.15, 0.2) is 11.4 Å². The van der Waals surface area contributed by atoms with Crippen molar-refractivity contribution in [2.45, 2.75) is 32.2 Å². The van der Waals surface area contributed by atoms with Crippen LogP contribution in [0.2, 0.25) is 0 Å². The van der Waals surface area contributed by atoms with Crippen LogP contribution in [0.1, 0.15) is 36.5 Å². The second-order valence-corrected chi connectivity index (χ2v) is 8.92. The highest BCUT2D eigenvalue weighted by Crippen LogP contribution is 2.24. The molecule has 1 aliphatic rings. The number of amides is 1. The second-order valence-electron chi connectivity index (χ2n) is 6.17. The van der Waals surface area contributed by atoms with Crippen LogP contribution in [-0.2, 0) is 19.6 Å². The minimum atomic E-state index is -3.26. The Labute approximate surface area is 158 Å². The van der Waals surface area contributed by atoms with E-state index in [2.05, 4.69) is 10.0 Å². The van der Waals surface area contributed by atoms with Gasteiger partial charge in [-0.3, -0.25) is 9.69 Å². The Hall–Kier alpha value is -1.49. The third-order valence-corrected chi connectivity index (χ3v) is 5.61. The van der Waals surface area contributed by atoms with E-state index in [1.54, 1.807) is 18.4 Å². The maximum Gasteiger partial charge on any atom is 0.341 e. The zero-order valence-electron chi connectivity index (χ0n) is 15.0. The zero-order chi connectivity index (χ0) is 19.2. The molecule has 1 atom stereocenters. The molecule has 1 aliphatic heterocycles. The van der Waals surface area contributed by atoms with Gasteiger partial charge in [-0.05, 0) is 37.8 Å². The summed E-state index contributed by atoms with van der Waals surface area (Å²) in [6.07, 6.45) is 3.94. The van der Waals surface area contributed by atoms with Gasteiger partial charge in [-0.25, -0.2) is 17.9 Å². The lowest BCUT2D eigenvalue weighted by molar-refractivity contribution is -0.118. The molecule has 2 rings (SSSR count). The maximum absolute atomic E-state index is 12.4. The Morgan fingerprint density at radius 1 is 1.38 bits per heavy atom. The molecule has 1 aromatic rings. The molecule has 8 nitrogen and oxygen atoms in total. The van der Waals surface area contributed by atoms with Crippen molar-refractivity contribution in [2.75, 3.05) is 37.8 Å². The molecule has 1 fully saturated rings. The molecular weight excluding hydrogens is 378 g/mol. The molecule has 0 aliphatic carbocycles. The molecule has 0 saturated carbocycles. The van der Waals surface area contributed by atoms with E-state index in [9.17, 15) is 18.0 Å². The first-order valence-electron chi connectivity index (χ1n) is 8.53. The predicted octanol–water partition coefficient (Wildman–Crippen LogP) is 1.27. The number of ether oxygens (including phenoxy) is 1. The highest BCUT2D eigenvalue weighted by atomic mass is 32.2. The van der Waals surface area contributed by atoms with Crippen LogP contribution < -0.4 is 10.0 Å². The van der Waals surface area contributed by atoms with Gasteiger partial charge in [0.05, 0.1) is 25.0 Å². The highest BCUT2D eigenvalue weighted by Gasteiger charge is 2.25. The summed E-state index contributed by atoms with van der Waals surface area (Å²) in [6.45, 7) is 3.17. The monoisotopic (exact) mass is 403 g/mol. The van der Waals surface area contributed by atoms with Gasteiger partial charge in [-0.2, -0.15) is 0 Å². The Balaban J connectivity index is 1.95. The summed E-state index contributed by atoms with van der Waals surface area (Å²) in [4.78, 5) is 26.3. The van der Waals surface area contributed by atoms with Crippen molar-refractivity contribution in [1.82, 2.24) is 9.62 Å². The number of carbonyl (C=O) groups excluding carboxylic acids is 2. The van der Waals surface area contributed by atoms with E-state index in [4.69, 9.17) is 4.74 Å². The van der Waals surface area contributed by atoms with Gasteiger partial charge in [0.15, 0.2) is 0 Å². The number of sulfonamides is 1.